The summed E-state index contributed by atoms with van der Waals surface area (Å²) in [5.41, 5.74) is 4.36. The van der Waals surface area contributed by atoms with Gasteiger partial charge in [-0.25, -0.2) is 4.98 Å². The minimum absolute atomic E-state index is 0.213. The Morgan fingerprint density at radius 1 is 1.12 bits per heavy atom. The summed E-state index contributed by atoms with van der Waals surface area (Å²) >= 11 is 3.23. The van der Waals surface area contributed by atoms with Crippen LogP contribution in [0.3, 0.4) is 0 Å². The lowest BCUT2D eigenvalue weighted by Crippen LogP contribution is -2.10. The molecule has 0 radical (unpaired) electrons. The van der Waals surface area contributed by atoms with Crippen molar-refractivity contribution in [3.05, 3.63) is 64.4 Å². The van der Waals surface area contributed by atoms with E-state index in [9.17, 15) is 0 Å². The Hall–Kier alpha value is -3.04. The third-order valence-electron chi connectivity index (χ3n) is 5.39. The molecule has 5 rings (SSSR count). The molecular formula is C24H24N4O3S2. The molecule has 33 heavy (non-hydrogen) atoms. The van der Waals surface area contributed by atoms with Crippen molar-refractivity contribution in [2.75, 3.05) is 6.79 Å². The van der Waals surface area contributed by atoms with Crippen LogP contribution in [0.1, 0.15) is 35.7 Å². The molecule has 1 aliphatic heterocycles. The number of aromatic nitrogens is 4. The van der Waals surface area contributed by atoms with Gasteiger partial charge in [0, 0.05) is 23.7 Å². The van der Waals surface area contributed by atoms with E-state index in [1.807, 2.05) is 42.8 Å². The second-order valence-corrected chi connectivity index (χ2v) is 9.73. The molecule has 0 saturated carbocycles. The first kappa shape index (κ1) is 21.8. The monoisotopic (exact) mass is 480 g/mol. The number of rotatable bonds is 7. The molecule has 0 spiro atoms. The average Bonchev–Trinajstić information content (AvgIpc) is 3.53. The van der Waals surface area contributed by atoms with Crippen LogP contribution in [0, 0.1) is 13.8 Å². The highest BCUT2D eigenvalue weighted by Crippen LogP contribution is 2.37. The summed E-state index contributed by atoms with van der Waals surface area (Å²) in [7, 11) is 1.97. The van der Waals surface area contributed by atoms with Gasteiger partial charge in [-0.1, -0.05) is 29.5 Å². The Balaban J connectivity index is 1.24. The Kier molecular flexibility index (Phi) is 5.99. The van der Waals surface area contributed by atoms with Crippen LogP contribution in [0.5, 0.6) is 17.2 Å². The lowest BCUT2D eigenvalue weighted by Gasteiger charge is -2.16. The molecule has 4 aromatic rings. The van der Waals surface area contributed by atoms with Gasteiger partial charge in [-0.15, -0.1) is 21.5 Å². The predicted octanol–water partition coefficient (Wildman–Crippen LogP) is 5.72. The van der Waals surface area contributed by atoms with Crippen molar-refractivity contribution >= 4 is 23.1 Å². The molecule has 7 nitrogen and oxygen atoms in total. The SMILES string of the molecule is Cc1ccc(OC(C)c2nnc(SCc3csc(-c4ccc5c(c4)OCO5)n3)n2C)c(C)c1. The molecule has 0 saturated heterocycles. The fourth-order valence-electron chi connectivity index (χ4n) is 3.65. The number of ether oxygens (including phenoxy) is 3. The molecular weight excluding hydrogens is 456 g/mol. The fourth-order valence-corrected chi connectivity index (χ4v) is 5.39. The first-order valence-electron chi connectivity index (χ1n) is 10.6. The molecule has 1 unspecified atom stereocenters. The van der Waals surface area contributed by atoms with Crippen LogP contribution >= 0.6 is 23.1 Å². The molecule has 1 aliphatic rings. The summed E-state index contributed by atoms with van der Waals surface area (Å²) in [6, 6.07) is 12.1. The molecule has 0 aliphatic carbocycles. The minimum Gasteiger partial charge on any atom is -0.482 e. The molecule has 3 heterocycles. The van der Waals surface area contributed by atoms with Crippen molar-refractivity contribution in [1.82, 2.24) is 19.7 Å². The highest BCUT2D eigenvalue weighted by atomic mass is 32.2. The summed E-state index contributed by atoms with van der Waals surface area (Å²) in [5, 5.41) is 12.6. The van der Waals surface area contributed by atoms with E-state index in [1.54, 1.807) is 23.1 Å². The topological polar surface area (TPSA) is 71.3 Å². The lowest BCUT2D eigenvalue weighted by atomic mass is 10.1. The number of thiazole rings is 1. The zero-order chi connectivity index (χ0) is 22.9. The second-order valence-electron chi connectivity index (χ2n) is 7.93. The molecule has 0 fully saturated rings. The minimum atomic E-state index is -0.213. The van der Waals surface area contributed by atoms with Crippen molar-refractivity contribution in [1.29, 1.82) is 0 Å². The largest absolute Gasteiger partial charge is 0.482 e. The van der Waals surface area contributed by atoms with E-state index < -0.39 is 0 Å². The quantitative estimate of drug-likeness (QED) is 0.313. The summed E-state index contributed by atoms with van der Waals surface area (Å²) in [6.45, 7) is 6.40. The molecule has 0 amide bonds. The van der Waals surface area contributed by atoms with Crippen LogP contribution in [0.15, 0.2) is 46.9 Å². The smallest absolute Gasteiger partial charge is 0.231 e. The van der Waals surface area contributed by atoms with Crippen molar-refractivity contribution < 1.29 is 14.2 Å². The first-order valence-corrected chi connectivity index (χ1v) is 12.4. The van der Waals surface area contributed by atoms with Crippen LogP contribution in [-0.4, -0.2) is 26.5 Å². The van der Waals surface area contributed by atoms with Crippen LogP contribution in [-0.2, 0) is 12.8 Å². The zero-order valence-electron chi connectivity index (χ0n) is 18.9. The normalized spacial score (nSPS) is 13.3. The maximum Gasteiger partial charge on any atom is 0.231 e. The highest BCUT2D eigenvalue weighted by molar-refractivity contribution is 7.98. The van der Waals surface area contributed by atoms with E-state index in [2.05, 4.69) is 41.6 Å². The van der Waals surface area contributed by atoms with E-state index in [1.165, 1.54) is 5.56 Å². The maximum atomic E-state index is 6.16. The molecule has 2 aromatic heterocycles. The Morgan fingerprint density at radius 3 is 2.82 bits per heavy atom. The highest BCUT2D eigenvalue weighted by Gasteiger charge is 2.19. The van der Waals surface area contributed by atoms with Crippen molar-refractivity contribution in [2.45, 2.75) is 37.8 Å². The molecule has 9 heteroatoms. The van der Waals surface area contributed by atoms with Gasteiger partial charge in [0.1, 0.15) is 10.8 Å². The molecule has 0 N–H and O–H groups in total. The standard InChI is InChI=1S/C24H24N4O3S2/c1-14-5-7-19(15(2)9-14)31-16(3)22-26-27-24(28(22)4)33-12-18-11-32-23(25-18)17-6-8-20-21(10-17)30-13-29-20/h5-11,16H,12-13H2,1-4H3. The van der Waals surface area contributed by atoms with Gasteiger partial charge in [-0.2, -0.15) is 0 Å². The number of benzene rings is 2. The molecule has 170 valence electrons. The number of thioether (sulfide) groups is 1. The van der Waals surface area contributed by atoms with Gasteiger partial charge in [0.2, 0.25) is 6.79 Å². The van der Waals surface area contributed by atoms with Crippen LogP contribution in [0.4, 0.5) is 0 Å². The Labute approximate surface area is 200 Å². The number of hydrogen-bond acceptors (Lipinski definition) is 8. The lowest BCUT2D eigenvalue weighted by molar-refractivity contribution is 0.174. The Morgan fingerprint density at radius 2 is 1.97 bits per heavy atom. The van der Waals surface area contributed by atoms with E-state index in [0.29, 0.717) is 5.75 Å². The first-order chi connectivity index (χ1) is 16.0. The molecule has 1 atom stereocenters. The van der Waals surface area contributed by atoms with Crippen LogP contribution in [0.2, 0.25) is 0 Å². The van der Waals surface area contributed by atoms with Gasteiger partial charge < -0.3 is 18.8 Å². The molecule has 2 aromatic carbocycles. The van der Waals surface area contributed by atoms with Gasteiger partial charge in [0.05, 0.1) is 5.69 Å². The molecule has 0 bridgehead atoms. The van der Waals surface area contributed by atoms with Gasteiger partial charge >= 0.3 is 0 Å². The maximum absolute atomic E-state index is 6.16. The fraction of sp³-hybridized carbons (Fsp3) is 0.292. The van der Waals surface area contributed by atoms with Crippen molar-refractivity contribution in [3.63, 3.8) is 0 Å². The number of hydrogen-bond donors (Lipinski definition) is 0. The predicted molar refractivity (Wildman–Crippen MR) is 129 cm³/mol. The van der Waals surface area contributed by atoms with E-state index in [-0.39, 0.29) is 12.9 Å². The van der Waals surface area contributed by atoms with Gasteiger partial charge in [0.15, 0.2) is 28.6 Å². The summed E-state index contributed by atoms with van der Waals surface area (Å²) in [6.07, 6.45) is -0.213. The third kappa shape index (κ3) is 4.56. The van der Waals surface area contributed by atoms with Crippen molar-refractivity contribution in [3.8, 4) is 27.8 Å². The van der Waals surface area contributed by atoms with E-state index in [4.69, 9.17) is 19.2 Å². The third-order valence-corrected chi connectivity index (χ3v) is 7.38. The number of fused-ring (bicyclic) bond motifs is 1. The summed E-state index contributed by atoms with van der Waals surface area (Å²) in [5.74, 6) is 3.90. The van der Waals surface area contributed by atoms with Crippen LogP contribution in [0.25, 0.3) is 10.6 Å². The number of nitrogens with zero attached hydrogens (tertiary/aromatic N) is 4. The van der Waals surface area contributed by atoms with Gasteiger partial charge in [-0.3, -0.25) is 0 Å². The van der Waals surface area contributed by atoms with E-state index in [0.717, 1.165) is 50.1 Å². The summed E-state index contributed by atoms with van der Waals surface area (Å²) in [4.78, 5) is 4.78. The number of aryl methyl sites for hydroxylation is 2. The van der Waals surface area contributed by atoms with Gasteiger partial charge in [-0.05, 0) is 50.6 Å². The zero-order valence-corrected chi connectivity index (χ0v) is 20.5. The second kappa shape index (κ2) is 9.07. The van der Waals surface area contributed by atoms with Crippen LogP contribution < -0.4 is 14.2 Å². The van der Waals surface area contributed by atoms with E-state index >= 15 is 0 Å². The van der Waals surface area contributed by atoms with Crippen molar-refractivity contribution in [2.24, 2.45) is 7.05 Å². The average molecular weight is 481 g/mol. The summed E-state index contributed by atoms with van der Waals surface area (Å²) < 4.78 is 19.0. The Bertz CT molecular complexity index is 1300. The van der Waals surface area contributed by atoms with Gasteiger partial charge in [0.25, 0.3) is 0 Å².